The second kappa shape index (κ2) is 8.00. The minimum Gasteiger partial charge on any atom is -0.357 e. The Morgan fingerprint density at radius 2 is 2.16 bits per heavy atom. The van der Waals surface area contributed by atoms with E-state index >= 15 is 0 Å². The molecular formula is C14H30N4S. The average molecular weight is 286 g/mol. The molecule has 1 heterocycles. The van der Waals surface area contributed by atoms with Crippen LogP contribution in [-0.2, 0) is 0 Å². The summed E-state index contributed by atoms with van der Waals surface area (Å²) in [5.41, 5.74) is 0. The number of hydrogen-bond acceptors (Lipinski definition) is 3. The Labute approximate surface area is 123 Å². The van der Waals surface area contributed by atoms with Gasteiger partial charge in [-0.05, 0) is 34.4 Å². The molecule has 1 saturated heterocycles. The topological polar surface area (TPSA) is 30.9 Å². The highest BCUT2D eigenvalue weighted by Crippen LogP contribution is 2.29. The standard InChI is InChI=1S/C14H30N4S/c1-6-15-13(16-8-9-17(5)7-2)18-10-11-19-14(3,4)12-18/h6-12H2,1-5H3,(H,15,16). The molecule has 4 nitrogen and oxygen atoms in total. The molecule has 1 aliphatic heterocycles. The van der Waals surface area contributed by atoms with Gasteiger partial charge in [0.1, 0.15) is 0 Å². The first-order valence-corrected chi connectivity index (χ1v) is 8.33. The van der Waals surface area contributed by atoms with Gasteiger partial charge in [0.2, 0.25) is 0 Å². The highest BCUT2D eigenvalue weighted by atomic mass is 32.2. The van der Waals surface area contributed by atoms with Crippen LogP contribution in [0.5, 0.6) is 0 Å². The summed E-state index contributed by atoms with van der Waals surface area (Å²) >= 11 is 2.06. The van der Waals surface area contributed by atoms with Gasteiger partial charge in [-0.2, -0.15) is 11.8 Å². The second-order valence-electron chi connectivity index (χ2n) is 5.66. The van der Waals surface area contributed by atoms with Gasteiger partial charge in [0.15, 0.2) is 5.96 Å². The number of aliphatic imine (C=N–C) groups is 1. The van der Waals surface area contributed by atoms with Crippen molar-refractivity contribution in [1.82, 2.24) is 15.1 Å². The number of thioether (sulfide) groups is 1. The lowest BCUT2D eigenvalue weighted by Crippen LogP contribution is -2.51. The van der Waals surface area contributed by atoms with Crippen molar-refractivity contribution in [3.63, 3.8) is 0 Å². The lowest BCUT2D eigenvalue weighted by Gasteiger charge is -2.39. The van der Waals surface area contributed by atoms with Crippen LogP contribution in [0.2, 0.25) is 0 Å². The third-order valence-corrected chi connectivity index (χ3v) is 4.64. The number of likely N-dealkylation sites (N-methyl/N-ethyl adjacent to an activating group) is 1. The lowest BCUT2D eigenvalue weighted by atomic mass is 10.2. The van der Waals surface area contributed by atoms with Crippen LogP contribution in [-0.4, -0.2) is 72.6 Å². The van der Waals surface area contributed by atoms with Crippen LogP contribution >= 0.6 is 11.8 Å². The van der Waals surface area contributed by atoms with Gasteiger partial charge >= 0.3 is 0 Å². The maximum Gasteiger partial charge on any atom is 0.194 e. The molecule has 0 atom stereocenters. The van der Waals surface area contributed by atoms with Crippen LogP contribution in [0.4, 0.5) is 0 Å². The smallest absolute Gasteiger partial charge is 0.194 e. The van der Waals surface area contributed by atoms with Crippen molar-refractivity contribution in [1.29, 1.82) is 0 Å². The average Bonchev–Trinajstić information content (AvgIpc) is 2.36. The van der Waals surface area contributed by atoms with E-state index < -0.39 is 0 Å². The Morgan fingerprint density at radius 3 is 2.74 bits per heavy atom. The van der Waals surface area contributed by atoms with Gasteiger partial charge in [-0.25, -0.2) is 0 Å². The van der Waals surface area contributed by atoms with Crippen molar-refractivity contribution in [3.8, 4) is 0 Å². The van der Waals surface area contributed by atoms with Crippen molar-refractivity contribution in [2.75, 3.05) is 52.1 Å². The predicted octanol–water partition coefficient (Wildman–Crippen LogP) is 1.73. The molecule has 0 unspecified atom stereocenters. The largest absolute Gasteiger partial charge is 0.357 e. The molecule has 0 saturated carbocycles. The lowest BCUT2D eigenvalue weighted by molar-refractivity contribution is 0.355. The van der Waals surface area contributed by atoms with Crippen LogP contribution in [0.15, 0.2) is 4.99 Å². The van der Waals surface area contributed by atoms with E-state index in [9.17, 15) is 0 Å². The minimum atomic E-state index is 0.328. The fraction of sp³-hybridized carbons (Fsp3) is 0.929. The highest BCUT2D eigenvalue weighted by Gasteiger charge is 2.28. The van der Waals surface area contributed by atoms with Crippen molar-refractivity contribution < 1.29 is 0 Å². The third-order valence-electron chi connectivity index (χ3n) is 3.34. The summed E-state index contributed by atoms with van der Waals surface area (Å²) in [5.74, 6) is 2.27. The van der Waals surface area contributed by atoms with Crippen LogP contribution < -0.4 is 5.32 Å². The number of guanidine groups is 1. The zero-order valence-corrected chi connectivity index (χ0v) is 14.0. The first-order chi connectivity index (χ1) is 8.98. The van der Waals surface area contributed by atoms with Gasteiger partial charge in [0, 0.05) is 36.7 Å². The van der Waals surface area contributed by atoms with Gasteiger partial charge in [-0.3, -0.25) is 4.99 Å². The molecular weight excluding hydrogens is 256 g/mol. The van der Waals surface area contributed by atoms with Gasteiger partial charge < -0.3 is 15.1 Å². The van der Waals surface area contributed by atoms with Crippen LogP contribution in [0.25, 0.3) is 0 Å². The van der Waals surface area contributed by atoms with Crippen molar-refractivity contribution in [3.05, 3.63) is 0 Å². The van der Waals surface area contributed by atoms with E-state index in [4.69, 9.17) is 4.99 Å². The molecule has 0 radical (unpaired) electrons. The molecule has 0 aromatic carbocycles. The highest BCUT2D eigenvalue weighted by molar-refractivity contribution is 8.00. The number of nitrogens with one attached hydrogen (secondary N) is 1. The Bertz CT molecular complexity index is 291. The summed E-state index contributed by atoms with van der Waals surface area (Å²) in [6.45, 7) is 15.0. The number of nitrogens with zero attached hydrogens (tertiary/aromatic N) is 3. The third kappa shape index (κ3) is 6.04. The van der Waals surface area contributed by atoms with Crippen molar-refractivity contribution in [2.45, 2.75) is 32.4 Å². The first-order valence-electron chi connectivity index (χ1n) is 7.34. The molecule has 1 aliphatic rings. The molecule has 19 heavy (non-hydrogen) atoms. The minimum absolute atomic E-state index is 0.328. The van der Waals surface area contributed by atoms with E-state index in [1.165, 1.54) is 5.75 Å². The monoisotopic (exact) mass is 286 g/mol. The Balaban J connectivity index is 2.57. The predicted molar refractivity (Wildman–Crippen MR) is 87.3 cm³/mol. The number of hydrogen-bond donors (Lipinski definition) is 1. The molecule has 0 amide bonds. The van der Waals surface area contributed by atoms with Crippen LogP contribution in [0, 0.1) is 0 Å². The Hall–Kier alpha value is -0.420. The summed E-state index contributed by atoms with van der Waals surface area (Å²) in [4.78, 5) is 9.47. The van der Waals surface area contributed by atoms with Gasteiger partial charge in [0.05, 0.1) is 6.54 Å². The van der Waals surface area contributed by atoms with E-state index in [0.29, 0.717) is 4.75 Å². The molecule has 0 aliphatic carbocycles. The second-order valence-corrected chi connectivity index (χ2v) is 7.46. The fourth-order valence-corrected chi connectivity index (χ4v) is 3.22. The van der Waals surface area contributed by atoms with Gasteiger partial charge in [0.25, 0.3) is 0 Å². The molecule has 0 aromatic heterocycles. The Morgan fingerprint density at radius 1 is 1.42 bits per heavy atom. The summed E-state index contributed by atoms with van der Waals surface area (Å²) in [6, 6.07) is 0. The summed E-state index contributed by atoms with van der Waals surface area (Å²) < 4.78 is 0.328. The Kier molecular flexibility index (Phi) is 7.00. The van der Waals surface area contributed by atoms with Crippen LogP contribution in [0.1, 0.15) is 27.7 Å². The summed E-state index contributed by atoms with van der Waals surface area (Å²) in [6.07, 6.45) is 0. The maximum atomic E-state index is 4.77. The first kappa shape index (κ1) is 16.6. The molecule has 0 bridgehead atoms. The molecule has 0 aromatic rings. The van der Waals surface area contributed by atoms with Crippen molar-refractivity contribution >= 4 is 17.7 Å². The quantitative estimate of drug-likeness (QED) is 0.616. The molecule has 5 heteroatoms. The van der Waals surface area contributed by atoms with E-state index in [1.54, 1.807) is 0 Å². The van der Waals surface area contributed by atoms with E-state index in [1.807, 2.05) is 0 Å². The van der Waals surface area contributed by atoms with Crippen molar-refractivity contribution in [2.24, 2.45) is 4.99 Å². The van der Waals surface area contributed by atoms with Crippen LogP contribution in [0.3, 0.4) is 0 Å². The normalized spacial score (nSPS) is 19.9. The summed E-state index contributed by atoms with van der Waals surface area (Å²) in [5, 5.41) is 3.43. The van der Waals surface area contributed by atoms with E-state index in [2.05, 4.69) is 61.6 Å². The zero-order chi connectivity index (χ0) is 14.3. The summed E-state index contributed by atoms with van der Waals surface area (Å²) in [7, 11) is 2.14. The van der Waals surface area contributed by atoms with Gasteiger partial charge in [-0.15, -0.1) is 0 Å². The number of rotatable bonds is 5. The molecule has 0 spiro atoms. The van der Waals surface area contributed by atoms with Gasteiger partial charge in [-0.1, -0.05) is 6.92 Å². The zero-order valence-electron chi connectivity index (χ0n) is 13.2. The molecule has 1 fully saturated rings. The SMILES string of the molecule is CCNC(=NCCN(C)CC)N1CCSC(C)(C)C1. The molecule has 112 valence electrons. The molecule has 1 rings (SSSR count). The van der Waals surface area contributed by atoms with E-state index in [0.717, 1.165) is 45.2 Å². The maximum absolute atomic E-state index is 4.77. The van der Waals surface area contributed by atoms with E-state index in [-0.39, 0.29) is 0 Å². The molecule has 1 N–H and O–H groups in total. The fourth-order valence-electron chi connectivity index (χ4n) is 2.11.